The molecule has 0 saturated heterocycles. The average molecular weight is 210 g/mol. The number of carbonyl (C=O) groups is 2. The van der Waals surface area contributed by atoms with E-state index in [0.717, 1.165) is 0 Å². The van der Waals surface area contributed by atoms with Crippen LogP contribution in [0.15, 0.2) is 18.2 Å². The van der Waals surface area contributed by atoms with Gasteiger partial charge in [0.15, 0.2) is 0 Å². The molecule has 0 saturated carbocycles. The smallest absolute Gasteiger partial charge is 0.337 e. The molecular formula is C9H10N2O4. The van der Waals surface area contributed by atoms with E-state index in [1.807, 2.05) is 0 Å². The number of urea groups is 1. The van der Waals surface area contributed by atoms with Gasteiger partial charge >= 0.3 is 12.0 Å². The number of methoxy groups -OCH3 is 1. The van der Waals surface area contributed by atoms with Crippen LogP contribution in [0, 0.1) is 0 Å². The Morgan fingerprint density at radius 2 is 2.13 bits per heavy atom. The lowest BCUT2D eigenvalue weighted by Gasteiger charge is -2.06. The Morgan fingerprint density at radius 3 is 2.67 bits per heavy atom. The first-order chi connectivity index (χ1) is 7.04. The highest BCUT2D eigenvalue weighted by Crippen LogP contribution is 2.24. The maximum absolute atomic E-state index is 11.1. The summed E-state index contributed by atoms with van der Waals surface area (Å²) in [5, 5.41) is 11.5. The minimum absolute atomic E-state index is 0.0606. The fraction of sp³-hybridized carbons (Fsp3) is 0.111. The zero-order chi connectivity index (χ0) is 11.4. The lowest BCUT2D eigenvalue weighted by atomic mass is 10.2. The average Bonchev–Trinajstić information content (AvgIpc) is 2.19. The van der Waals surface area contributed by atoms with E-state index in [1.54, 1.807) is 0 Å². The number of nitrogens with one attached hydrogen (secondary N) is 1. The Bertz CT molecular complexity index is 403. The summed E-state index contributed by atoms with van der Waals surface area (Å²) in [7, 11) is 1.23. The molecule has 0 radical (unpaired) electrons. The van der Waals surface area contributed by atoms with Crippen molar-refractivity contribution >= 4 is 17.7 Å². The third-order valence-electron chi connectivity index (χ3n) is 1.68. The van der Waals surface area contributed by atoms with Gasteiger partial charge in [0.05, 0.1) is 18.4 Å². The van der Waals surface area contributed by atoms with Gasteiger partial charge < -0.3 is 20.9 Å². The molecule has 0 heterocycles. The van der Waals surface area contributed by atoms with Crippen LogP contribution in [0.5, 0.6) is 5.75 Å². The molecule has 80 valence electrons. The van der Waals surface area contributed by atoms with E-state index in [-0.39, 0.29) is 17.0 Å². The van der Waals surface area contributed by atoms with Gasteiger partial charge in [0.25, 0.3) is 0 Å². The summed E-state index contributed by atoms with van der Waals surface area (Å²) in [6.45, 7) is 0. The SMILES string of the molecule is COC(=O)c1ccc(O)c(NC(N)=O)c1. The summed E-state index contributed by atoms with van der Waals surface area (Å²) in [6, 6.07) is 3.07. The molecule has 1 aromatic rings. The predicted molar refractivity (Wildman–Crippen MR) is 52.7 cm³/mol. The van der Waals surface area contributed by atoms with Gasteiger partial charge in [-0.1, -0.05) is 0 Å². The number of carbonyl (C=O) groups excluding carboxylic acids is 2. The first-order valence-corrected chi connectivity index (χ1v) is 4.02. The first kappa shape index (κ1) is 10.8. The minimum Gasteiger partial charge on any atom is -0.506 e. The highest BCUT2D eigenvalue weighted by atomic mass is 16.5. The summed E-state index contributed by atoms with van der Waals surface area (Å²) in [6.07, 6.45) is 0. The molecule has 1 rings (SSSR count). The van der Waals surface area contributed by atoms with Crippen LogP contribution in [0.4, 0.5) is 10.5 Å². The number of anilines is 1. The second kappa shape index (κ2) is 4.32. The van der Waals surface area contributed by atoms with Gasteiger partial charge in [-0.25, -0.2) is 9.59 Å². The number of amides is 2. The van der Waals surface area contributed by atoms with E-state index in [9.17, 15) is 14.7 Å². The number of esters is 1. The summed E-state index contributed by atoms with van der Waals surface area (Å²) < 4.78 is 4.47. The number of hydrogen-bond acceptors (Lipinski definition) is 4. The Morgan fingerprint density at radius 1 is 1.47 bits per heavy atom. The molecule has 6 heteroatoms. The number of nitrogens with two attached hydrogens (primary N) is 1. The van der Waals surface area contributed by atoms with Crippen molar-refractivity contribution in [2.24, 2.45) is 5.73 Å². The van der Waals surface area contributed by atoms with Crippen LogP contribution in [0.1, 0.15) is 10.4 Å². The van der Waals surface area contributed by atoms with Crippen LogP contribution in [0.25, 0.3) is 0 Å². The van der Waals surface area contributed by atoms with Crippen molar-refractivity contribution in [3.63, 3.8) is 0 Å². The first-order valence-electron chi connectivity index (χ1n) is 4.02. The van der Waals surface area contributed by atoms with Crippen molar-refractivity contribution in [1.82, 2.24) is 0 Å². The van der Waals surface area contributed by atoms with E-state index in [1.165, 1.54) is 25.3 Å². The molecular weight excluding hydrogens is 200 g/mol. The van der Waals surface area contributed by atoms with Gasteiger partial charge in [0.2, 0.25) is 0 Å². The van der Waals surface area contributed by atoms with E-state index in [0.29, 0.717) is 0 Å². The van der Waals surface area contributed by atoms with Gasteiger partial charge in [-0.15, -0.1) is 0 Å². The lowest BCUT2D eigenvalue weighted by molar-refractivity contribution is 0.0600. The Kier molecular flexibility index (Phi) is 3.12. The third kappa shape index (κ3) is 2.60. The minimum atomic E-state index is -0.827. The normalized spacial score (nSPS) is 9.40. The predicted octanol–water partition coefficient (Wildman–Crippen LogP) is 0.669. The van der Waals surface area contributed by atoms with Gasteiger partial charge in [-0.05, 0) is 18.2 Å². The Hall–Kier alpha value is -2.24. The summed E-state index contributed by atoms with van der Waals surface area (Å²) in [4.78, 5) is 21.7. The summed E-state index contributed by atoms with van der Waals surface area (Å²) >= 11 is 0. The van der Waals surface area contributed by atoms with Gasteiger partial charge in [0.1, 0.15) is 5.75 Å². The zero-order valence-corrected chi connectivity index (χ0v) is 7.98. The number of aromatic hydroxyl groups is 1. The number of primary amides is 1. The largest absolute Gasteiger partial charge is 0.506 e. The van der Waals surface area contributed by atoms with Crippen molar-refractivity contribution in [1.29, 1.82) is 0 Å². The Labute approximate surface area is 85.6 Å². The van der Waals surface area contributed by atoms with Crippen LogP contribution < -0.4 is 11.1 Å². The highest BCUT2D eigenvalue weighted by Gasteiger charge is 2.10. The van der Waals surface area contributed by atoms with Crippen LogP contribution in [-0.4, -0.2) is 24.2 Å². The third-order valence-corrected chi connectivity index (χ3v) is 1.68. The van der Waals surface area contributed by atoms with Crippen molar-refractivity contribution in [2.75, 3.05) is 12.4 Å². The maximum Gasteiger partial charge on any atom is 0.337 e. The Balaban J connectivity index is 3.05. The van der Waals surface area contributed by atoms with Gasteiger partial charge in [0, 0.05) is 0 Å². The molecule has 0 aliphatic rings. The van der Waals surface area contributed by atoms with E-state index in [4.69, 9.17) is 5.73 Å². The van der Waals surface area contributed by atoms with Crippen LogP contribution in [0.3, 0.4) is 0 Å². The van der Waals surface area contributed by atoms with Crippen LogP contribution in [0.2, 0.25) is 0 Å². The van der Waals surface area contributed by atoms with Crippen molar-refractivity contribution < 1.29 is 19.4 Å². The number of rotatable bonds is 2. The molecule has 0 bridgehead atoms. The van der Waals surface area contributed by atoms with E-state index in [2.05, 4.69) is 10.1 Å². The molecule has 0 aromatic heterocycles. The number of benzene rings is 1. The summed E-state index contributed by atoms with van der Waals surface area (Å²) in [5.41, 5.74) is 5.14. The number of hydrogen-bond donors (Lipinski definition) is 3. The molecule has 0 spiro atoms. The van der Waals surface area contributed by atoms with Crippen LogP contribution in [-0.2, 0) is 4.74 Å². The van der Waals surface area contributed by atoms with Crippen LogP contribution >= 0.6 is 0 Å². The molecule has 0 fully saturated rings. The fourth-order valence-corrected chi connectivity index (χ4v) is 1.01. The maximum atomic E-state index is 11.1. The summed E-state index contributed by atoms with van der Waals surface area (Å²) in [5.74, 6) is -0.746. The molecule has 1 aromatic carbocycles. The van der Waals surface area contributed by atoms with Crippen molar-refractivity contribution in [2.45, 2.75) is 0 Å². The standard InChI is InChI=1S/C9H10N2O4/c1-15-8(13)5-2-3-7(12)6(4-5)11-9(10)14/h2-4,12H,1H3,(H3,10,11,14). The molecule has 0 atom stereocenters. The van der Waals surface area contributed by atoms with Crippen molar-refractivity contribution in [3.05, 3.63) is 23.8 Å². The quantitative estimate of drug-likeness (QED) is 0.493. The van der Waals surface area contributed by atoms with Gasteiger partial charge in [-0.3, -0.25) is 0 Å². The van der Waals surface area contributed by atoms with Gasteiger partial charge in [-0.2, -0.15) is 0 Å². The molecule has 2 amide bonds. The van der Waals surface area contributed by atoms with E-state index < -0.39 is 12.0 Å². The molecule has 15 heavy (non-hydrogen) atoms. The molecule has 0 aliphatic heterocycles. The second-order valence-electron chi connectivity index (χ2n) is 2.71. The van der Waals surface area contributed by atoms with Crippen molar-refractivity contribution in [3.8, 4) is 5.75 Å². The topological polar surface area (TPSA) is 102 Å². The second-order valence-corrected chi connectivity index (χ2v) is 2.71. The zero-order valence-electron chi connectivity index (χ0n) is 7.98. The molecule has 4 N–H and O–H groups in total. The number of phenols is 1. The number of phenolic OH excluding ortho intramolecular Hbond substituents is 1. The number of ether oxygens (including phenoxy) is 1. The highest BCUT2D eigenvalue weighted by molar-refractivity contribution is 5.94. The molecule has 0 unspecified atom stereocenters. The lowest BCUT2D eigenvalue weighted by Crippen LogP contribution is -2.19. The monoisotopic (exact) mass is 210 g/mol. The van der Waals surface area contributed by atoms with E-state index >= 15 is 0 Å². The molecule has 6 nitrogen and oxygen atoms in total. The molecule has 0 aliphatic carbocycles. The fourth-order valence-electron chi connectivity index (χ4n) is 1.01.